The van der Waals surface area contributed by atoms with Crippen LogP contribution in [0.4, 0.5) is 5.69 Å². The van der Waals surface area contributed by atoms with Gasteiger partial charge in [-0.05, 0) is 6.42 Å². The second-order valence-corrected chi connectivity index (χ2v) is 4.23. The summed E-state index contributed by atoms with van der Waals surface area (Å²) in [4.78, 5) is 22.5. The number of primary amides is 1. The van der Waals surface area contributed by atoms with Gasteiger partial charge in [0, 0.05) is 12.7 Å². The van der Waals surface area contributed by atoms with Crippen molar-refractivity contribution in [3.05, 3.63) is 12.4 Å². The molecule has 2 atom stereocenters. The SMILES string of the molecule is NC(=O)Cn1cc(NC(=O)C2CC(O)CN2)cn1. The fourth-order valence-corrected chi connectivity index (χ4v) is 1.82. The minimum Gasteiger partial charge on any atom is -0.392 e. The van der Waals surface area contributed by atoms with Gasteiger partial charge in [-0.15, -0.1) is 0 Å². The van der Waals surface area contributed by atoms with E-state index in [9.17, 15) is 14.7 Å². The molecule has 8 heteroatoms. The van der Waals surface area contributed by atoms with E-state index in [2.05, 4.69) is 15.7 Å². The van der Waals surface area contributed by atoms with Gasteiger partial charge in [-0.25, -0.2) is 0 Å². The molecule has 0 aliphatic carbocycles. The molecular formula is C10H15N5O3. The van der Waals surface area contributed by atoms with Crippen LogP contribution in [-0.4, -0.2) is 45.4 Å². The van der Waals surface area contributed by atoms with Crippen molar-refractivity contribution in [3.8, 4) is 0 Å². The zero-order chi connectivity index (χ0) is 13.1. The number of amides is 2. The Balaban J connectivity index is 1.91. The number of aliphatic hydroxyl groups is 1. The number of nitrogens with one attached hydrogen (secondary N) is 2. The molecular weight excluding hydrogens is 238 g/mol. The van der Waals surface area contributed by atoms with E-state index in [0.717, 1.165) is 0 Å². The number of carbonyl (C=O) groups is 2. The van der Waals surface area contributed by atoms with E-state index in [4.69, 9.17) is 5.73 Å². The van der Waals surface area contributed by atoms with E-state index in [-0.39, 0.29) is 12.5 Å². The molecule has 98 valence electrons. The lowest BCUT2D eigenvalue weighted by atomic mass is 10.2. The Morgan fingerprint density at radius 3 is 3.06 bits per heavy atom. The van der Waals surface area contributed by atoms with E-state index >= 15 is 0 Å². The third-order valence-corrected chi connectivity index (χ3v) is 2.64. The molecule has 1 saturated heterocycles. The Morgan fingerprint density at radius 2 is 2.44 bits per heavy atom. The van der Waals surface area contributed by atoms with Crippen LogP contribution in [0.3, 0.4) is 0 Å². The Morgan fingerprint density at radius 1 is 1.67 bits per heavy atom. The van der Waals surface area contributed by atoms with Crippen molar-refractivity contribution in [1.29, 1.82) is 0 Å². The summed E-state index contributed by atoms with van der Waals surface area (Å²) in [6, 6.07) is -0.403. The molecule has 8 nitrogen and oxygen atoms in total. The van der Waals surface area contributed by atoms with Crippen LogP contribution in [-0.2, 0) is 16.1 Å². The van der Waals surface area contributed by atoms with Crippen molar-refractivity contribution in [1.82, 2.24) is 15.1 Å². The van der Waals surface area contributed by atoms with Gasteiger partial charge in [-0.3, -0.25) is 14.3 Å². The third kappa shape index (κ3) is 3.05. The first-order valence-electron chi connectivity index (χ1n) is 5.57. The summed E-state index contributed by atoms with van der Waals surface area (Å²) in [5, 5.41) is 18.7. The van der Waals surface area contributed by atoms with Crippen LogP contribution in [0.2, 0.25) is 0 Å². The maximum atomic E-state index is 11.8. The molecule has 5 N–H and O–H groups in total. The topological polar surface area (TPSA) is 122 Å². The van der Waals surface area contributed by atoms with Gasteiger partial charge in [0.1, 0.15) is 6.54 Å². The Labute approximate surface area is 103 Å². The highest BCUT2D eigenvalue weighted by Gasteiger charge is 2.28. The van der Waals surface area contributed by atoms with E-state index in [1.54, 1.807) is 0 Å². The zero-order valence-corrected chi connectivity index (χ0v) is 9.67. The standard InChI is InChI=1S/C10H15N5O3/c11-9(17)5-15-4-6(2-13-15)14-10(18)8-1-7(16)3-12-8/h2,4,7-8,12,16H,1,3,5H2,(H2,11,17)(H,14,18). The summed E-state index contributed by atoms with van der Waals surface area (Å²) in [6.45, 7) is 0.384. The minimum absolute atomic E-state index is 0.0315. The van der Waals surface area contributed by atoms with Crippen molar-refractivity contribution >= 4 is 17.5 Å². The molecule has 2 rings (SSSR count). The van der Waals surface area contributed by atoms with Gasteiger partial charge in [0.2, 0.25) is 11.8 Å². The largest absolute Gasteiger partial charge is 0.392 e. The first-order chi connectivity index (χ1) is 8.54. The molecule has 1 aromatic rings. The number of β-amino-alcohol motifs (C(OH)–C–C–N with tert-alkyl or cyclic N) is 1. The quantitative estimate of drug-likeness (QED) is 0.496. The molecule has 0 spiro atoms. The maximum absolute atomic E-state index is 11.8. The van der Waals surface area contributed by atoms with Gasteiger partial charge in [0.15, 0.2) is 0 Å². The molecule has 1 aromatic heterocycles. The molecule has 2 amide bonds. The van der Waals surface area contributed by atoms with Gasteiger partial charge in [0.05, 0.1) is 24.0 Å². The lowest BCUT2D eigenvalue weighted by Crippen LogP contribution is -2.35. The fraction of sp³-hybridized carbons (Fsp3) is 0.500. The molecule has 1 fully saturated rings. The average molecular weight is 253 g/mol. The van der Waals surface area contributed by atoms with Crippen LogP contribution in [0.1, 0.15) is 6.42 Å². The van der Waals surface area contributed by atoms with Crippen molar-refractivity contribution < 1.29 is 14.7 Å². The number of nitrogens with zero attached hydrogens (tertiary/aromatic N) is 2. The van der Waals surface area contributed by atoms with E-state index in [1.807, 2.05) is 0 Å². The lowest BCUT2D eigenvalue weighted by Gasteiger charge is -2.08. The maximum Gasteiger partial charge on any atom is 0.241 e. The van der Waals surface area contributed by atoms with Gasteiger partial charge >= 0.3 is 0 Å². The average Bonchev–Trinajstić information content (AvgIpc) is 2.87. The second-order valence-electron chi connectivity index (χ2n) is 4.23. The predicted octanol–water partition coefficient (Wildman–Crippen LogP) is -1.97. The number of carbonyl (C=O) groups excluding carboxylic acids is 2. The molecule has 0 bridgehead atoms. The van der Waals surface area contributed by atoms with Gasteiger partial charge in [-0.2, -0.15) is 5.10 Å². The van der Waals surface area contributed by atoms with Crippen molar-refractivity contribution in [3.63, 3.8) is 0 Å². The smallest absolute Gasteiger partial charge is 0.241 e. The van der Waals surface area contributed by atoms with Gasteiger partial charge in [0.25, 0.3) is 0 Å². The number of hydrogen-bond acceptors (Lipinski definition) is 5. The molecule has 18 heavy (non-hydrogen) atoms. The summed E-state index contributed by atoms with van der Waals surface area (Å²) in [5.41, 5.74) is 5.52. The van der Waals surface area contributed by atoms with Crippen LogP contribution in [0.5, 0.6) is 0 Å². The Kier molecular flexibility index (Phi) is 3.58. The summed E-state index contributed by atoms with van der Waals surface area (Å²) < 4.78 is 1.34. The number of anilines is 1. The minimum atomic E-state index is -0.503. The first kappa shape index (κ1) is 12.5. The second kappa shape index (κ2) is 5.15. The van der Waals surface area contributed by atoms with Crippen molar-refractivity contribution in [2.45, 2.75) is 25.1 Å². The van der Waals surface area contributed by atoms with Crippen LogP contribution < -0.4 is 16.4 Å². The summed E-state index contributed by atoms with van der Waals surface area (Å²) in [5.74, 6) is -0.735. The molecule has 0 radical (unpaired) electrons. The normalized spacial score (nSPS) is 22.9. The van der Waals surface area contributed by atoms with Crippen molar-refractivity contribution in [2.75, 3.05) is 11.9 Å². The highest BCUT2D eigenvalue weighted by Crippen LogP contribution is 2.10. The van der Waals surface area contributed by atoms with E-state index < -0.39 is 18.1 Å². The highest BCUT2D eigenvalue weighted by atomic mass is 16.3. The predicted molar refractivity (Wildman–Crippen MR) is 62.5 cm³/mol. The number of hydrogen-bond donors (Lipinski definition) is 4. The summed E-state index contributed by atoms with van der Waals surface area (Å²) in [6.07, 6.45) is 2.86. The number of rotatable bonds is 4. The molecule has 0 aromatic carbocycles. The summed E-state index contributed by atoms with van der Waals surface area (Å²) in [7, 11) is 0. The van der Waals surface area contributed by atoms with E-state index in [1.165, 1.54) is 17.1 Å². The molecule has 0 saturated carbocycles. The number of aromatic nitrogens is 2. The van der Waals surface area contributed by atoms with E-state index in [0.29, 0.717) is 18.7 Å². The molecule has 1 aliphatic heterocycles. The number of aliphatic hydroxyl groups excluding tert-OH is 1. The van der Waals surface area contributed by atoms with Crippen LogP contribution in [0.15, 0.2) is 12.4 Å². The number of nitrogens with two attached hydrogens (primary N) is 1. The Bertz CT molecular complexity index is 458. The molecule has 2 heterocycles. The molecule has 1 aliphatic rings. The van der Waals surface area contributed by atoms with Gasteiger partial charge in [-0.1, -0.05) is 0 Å². The van der Waals surface area contributed by atoms with Crippen LogP contribution >= 0.6 is 0 Å². The zero-order valence-electron chi connectivity index (χ0n) is 9.67. The summed E-state index contributed by atoms with van der Waals surface area (Å²) >= 11 is 0. The van der Waals surface area contributed by atoms with Crippen molar-refractivity contribution in [2.24, 2.45) is 5.73 Å². The first-order valence-corrected chi connectivity index (χ1v) is 5.57. The third-order valence-electron chi connectivity index (χ3n) is 2.64. The van der Waals surface area contributed by atoms with Gasteiger partial charge < -0.3 is 21.5 Å². The van der Waals surface area contributed by atoms with Crippen LogP contribution in [0, 0.1) is 0 Å². The fourth-order valence-electron chi connectivity index (χ4n) is 1.82. The Hall–Kier alpha value is -1.93. The van der Waals surface area contributed by atoms with Crippen LogP contribution in [0.25, 0.3) is 0 Å². The lowest BCUT2D eigenvalue weighted by molar-refractivity contribution is -0.119. The monoisotopic (exact) mass is 253 g/mol. The molecule has 2 unspecified atom stereocenters. The highest BCUT2D eigenvalue weighted by molar-refractivity contribution is 5.94.